The Balaban J connectivity index is 0. The van der Waals surface area contributed by atoms with Crippen LogP contribution in [-0.4, -0.2) is 29.2 Å². The first kappa shape index (κ1) is 14.1. The van der Waals surface area contributed by atoms with Gasteiger partial charge in [-0.1, -0.05) is 0 Å². The fourth-order valence-electron chi connectivity index (χ4n) is 0.648. The van der Waals surface area contributed by atoms with Crippen LogP contribution in [0, 0.1) is 0 Å². The first-order valence-corrected chi connectivity index (χ1v) is 3.61. The molecule has 11 heavy (non-hydrogen) atoms. The zero-order chi connectivity index (χ0) is 7.98. The van der Waals surface area contributed by atoms with Gasteiger partial charge in [0.15, 0.2) is 6.29 Å². The smallest absolute Gasteiger partial charge is 0.154 e. The molecule has 0 rings (SSSR count). The van der Waals surface area contributed by atoms with Crippen molar-refractivity contribution < 1.29 is 36.7 Å². The molecule has 0 fully saturated rings. The van der Waals surface area contributed by atoms with Gasteiger partial charge in [0.25, 0.3) is 0 Å². The van der Waals surface area contributed by atoms with Gasteiger partial charge in [0.2, 0.25) is 0 Å². The van der Waals surface area contributed by atoms with Crippen LogP contribution in [0.2, 0.25) is 0 Å². The fraction of sp³-hybridized carbons (Fsp3) is 1.00. The minimum absolute atomic E-state index is 0. The van der Waals surface area contributed by atoms with Crippen LogP contribution in [0.15, 0.2) is 0 Å². The molecule has 1 unspecified atom stereocenters. The third kappa shape index (κ3) is 10.6. The van der Waals surface area contributed by atoms with Crippen LogP contribution in [0.3, 0.4) is 0 Å². The summed E-state index contributed by atoms with van der Waals surface area (Å²) in [6.45, 7) is 3.84. The van der Waals surface area contributed by atoms with Crippen molar-refractivity contribution in [2.45, 2.75) is 39.1 Å². The number of hydrogen-bond donors (Lipinski definition) is 2. The van der Waals surface area contributed by atoms with E-state index in [0.717, 1.165) is 0 Å². The molecule has 0 radical (unpaired) electrons. The minimum atomic E-state index is -0.716. The molecule has 0 aromatic rings. The maximum atomic E-state index is 9.02. The second kappa shape index (κ2) is 8.69. The van der Waals surface area contributed by atoms with Crippen LogP contribution in [0.5, 0.6) is 0 Å². The molecule has 3 nitrogen and oxygen atoms in total. The number of hydrogen-bond acceptors (Lipinski definition) is 3. The third-order valence-corrected chi connectivity index (χ3v) is 1.04. The van der Waals surface area contributed by atoms with Gasteiger partial charge >= 0.3 is 0 Å². The van der Waals surface area contributed by atoms with E-state index in [-0.39, 0.29) is 34.4 Å². The first-order chi connectivity index (χ1) is 4.66. The van der Waals surface area contributed by atoms with Gasteiger partial charge in [-0.15, -0.1) is 0 Å². The Morgan fingerprint density at radius 3 is 2.27 bits per heavy atom. The maximum Gasteiger partial charge on any atom is 0.154 e. The van der Waals surface area contributed by atoms with Crippen LogP contribution in [-0.2, 0) is 26.5 Å². The number of rotatable bonds is 5. The number of aliphatic hydroxyl groups excluding tert-OH is 2. The van der Waals surface area contributed by atoms with Gasteiger partial charge in [-0.3, -0.25) is 0 Å². The Hall–Kier alpha value is 0.594. The summed E-state index contributed by atoms with van der Waals surface area (Å²) >= 11 is 0. The van der Waals surface area contributed by atoms with Gasteiger partial charge in [0.05, 0.1) is 6.10 Å². The molecule has 1 atom stereocenters. The minimum Gasteiger partial charge on any atom is -0.396 e. The van der Waals surface area contributed by atoms with Crippen LogP contribution in [0.1, 0.15) is 26.7 Å². The van der Waals surface area contributed by atoms with Gasteiger partial charge in [0.1, 0.15) is 0 Å². The molecule has 0 spiro atoms. The fourth-order valence-corrected chi connectivity index (χ4v) is 0.648. The average Bonchev–Trinajstić information content (AvgIpc) is 1.82. The predicted octanol–water partition coefficient (Wildman–Crippen LogP) is 0.500. The van der Waals surface area contributed by atoms with E-state index in [4.69, 9.17) is 14.9 Å². The van der Waals surface area contributed by atoms with Crippen LogP contribution < -0.4 is 0 Å². The molecule has 0 saturated carbocycles. The summed E-state index contributed by atoms with van der Waals surface area (Å²) in [4.78, 5) is 0. The molecule has 0 aliphatic rings. The summed E-state index contributed by atoms with van der Waals surface area (Å²) < 4.78 is 5.00. The van der Waals surface area contributed by atoms with E-state index in [1.807, 2.05) is 13.8 Å². The van der Waals surface area contributed by atoms with Gasteiger partial charge < -0.3 is 14.9 Å². The Morgan fingerprint density at radius 2 is 1.91 bits per heavy atom. The van der Waals surface area contributed by atoms with Crippen molar-refractivity contribution in [1.82, 2.24) is 0 Å². The van der Waals surface area contributed by atoms with E-state index in [1.165, 1.54) is 0 Å². The van der Waals surface area contributed by atoms with Gasteiger partial charge in [0, 0.05) is 34.7 Å². The van der Waals surface area contributed by atoms with E-state index >= 15 is 0 Å². The Morgan fingerprint density at radius 1 is 1.36 bits per heavy atom. The van der Waals surface area contributed by atoms with E-state index in [0.29, 0.717) is 12.8 Å². The number of aliphatic hydroxyl groups is 2. The molecule has 0 amide bonds. The summed E-state index contributed by atoms with van der Waals surface area (Å²) in [6, 6.07) is 0. The number of ether oxygens (including phenoxy) is 1. The predicted molar refractivity (Wildman–Crippen MR) is 38.5 cm³/mol. The Labute approximate surface area is 82.6 Å². The first-order valence-electron chi connectivity index (χ1n) is 3.61. The zero-order valence-corrected chi connectivity index (χ0v) is 8.64. The SMILES string of the molecule is CC(C)OC(O)CCCO.[Ti]. The monoisotopic (exact) mass is 196 g/mol. The molecule has 0 aliphatic carbocycles. The molecule has 66 valence electrons. The van der Waals surface area contributed by atoms with Crippen molar-refractivity contribution in [3.05, 3.63) is 0 Å². The standard InChI is InChI=1S/C7H16O3.Ti/c1-6(2)10-7(9)4-3-5-8;/h6-9H,3-5H2,1-2H3;. The molecule has 4 heteroatoms. The average molecular weight is 196 g/mol. The third-order valence-electron chi connectivity index (χ3n) is 1.04. The van der Waals surface area contributed by atoms with E-state index in [2.05, 4.69) is 0 Å². The summed E-state index contributed by atoms with van der Waals surface area (Å²) in [5.41, 5.74) is 0. The second-order valence-corrected chi connectivity index (χ2v) is 2.51. The molecule has 2 N–H and O–H groups in total. The molecule has 0 heterocycles. The van der Waals surface area contributed by atoms with Crippen molar-refractivity contribution in [1.29, 1.82) is 0 Å². The molecule has 0 saturated heterocycles. The topological polar surface area (TPSA) is 49.7 Å². The summed E-state index contributed by atoms with van der Waals surface area (Å²) in [5, 5.41) is 17.4. The van der Waals surface area contributed by atoms with Crippen molar-refractivity contribution in [3.63, 3.8) is 0 Å². The Kier molecular flexibility index (Phi) is 11.2. The molecular formula is C7H16O3Ti. The molecule has 0 aromatic carbocycles. The van der Waals surface area contributed by atoms with E-state index in [9.17, 15) is 0 Å². The largest absolute Gasteiger partial charge is 0.396 e. The summed E-state index contributed by atoms with van der Waals surface area (Å²) in [7, 11) is 0. The zero-order valence-electron chi connectivity index (χ0n) is 7.08. The Bertz CT molecular complexity index is 78.1. The molecule has 0 bridgehead atoms. The van der Waals surface area contributed by atoms with Gasteiger partial charge in [-0.05, 0) is 20.3 Å². The van der Waals surface area contributed by atoms with Gasteiger partial charge in [-0.25, -0.2) is 0 Å². The molecular weight excluding hydrogens is 180 g/mol. The summed E-state index contributed by atoms with van der Waals surface area (Å²) in [5.74, 6) is 0. The van der Waals surface area contributed by atoms with Crippen molar-refractivity contribution in [2.75, 3.05) is 6.61 Å². The van der Waals surface area contributed by atoms with Crippen LogP contribution in [0.4, 0.5) is 0 Å². The van der Waals surface area contributed by atoms with Crippen molar-refractivity contribution in [3.8, 4) is 0 Å². The van der Waals surface area contributed by atoms with Crippen molar-refractivity contribution >= 4 is 0 Å². The normalized spacial score (nSPS) is 12.8. The summed E-state index contributed by atoms with van der Waals surface area (Å²) in [6.07, 6.45) is 0.434. The van der Waals surface area contributed by atoms with E-state index in [1.54, 1.807) is 0 Å². The quantitative estimate of drug-likeness (QED) is 0.497. The van der Waals surface area contributed by atoms with E-state index < -0.39 is 6.29 Å². The van der Waals surface area contributed by atoms with Gasteiger partial charge in [-0.2, -0.15) is 0 Å². The van der Waals surface area contributed by atoms with Crippen LogP contribution in [0.25, 0.3) is 0 Å². The molecule has 0 aliphatic heterocycles. The van der Waals surface area contributed by atoms with Crippen molar-refractivity contribution in [2.24, 2.45) is 0 Å². The van der Waals surface area contributed by atoms with Crippen LogP contribution >= 0.6 is 0 Å². The molecule has 0 aromatic heterocycles. The second-order valence-electron chi connectivity index (χ2n) is 2.51. The maximum absolute atomic E-state index is 9.02.